The molecule has 1 aromatic heterocycles. The van der Waals surface area contributed by atoms with Crippen molar-refractivity contribution in [2.24, 2.45) is 0 Å². The highest BCUT2D eigenvalue weighted by molar-refractivity contribution is 7.90. The van der Waals surface area contributed by atoms with Gasteiger partial charge < -0.3 is 0 Å². The van der Waals surface area contributed by atoms with Crippen LogP contribution >= 0.6 is 0 Å². The molecule has 1 aliphatic rings. The van der Waals surface area contributed by atoms with Crippen LogP contribution in [0, 0.1) is 6.07 Å². The van der Waals surface area contributed by atoms with Crippen LogP contribution in [0.5, 0.6) is 0 Å². The van der Waals surface area contributed by atoms with Gasteiger partial charge >= 0.3 is 0 Å². The lowest BCUT2D eigenvalue weighted by Crippen LogP contribution is -2.19. The van der Waals surface area contributed by atoms with E-state index < -0.39 is 9.84 Å². The summed E-state index contributed by atoms with van der Waals surface area (Å²) in [5.74, 6) is 0.365. The van der Waals surface area contributed by atoms with Gasteiger partial charge in [-0.2, -0.15) is 0 Å². The zero-order valence-corrected chi connectivity index (χ0v) is 7.26. The van der Waals surface area contributed by atoms with Gasteiger partial charge in [-0.3, -0.25) is 4.98 Å². The Kier molecular flexibility index (Phi) is 1.65. The fraction of sp³-hybridized carbons (Fsp3) is 0.375. The summed E-state index contributed by atoms with van der Waals surface area (Å²) in [6.07, 6.45) is 2.13. The van der Waals surface area contributed by atoms with Crippen molar-refractivity contribution >= 4 is 9.84 Å². The Morgan fingerprint density at radius 3 is 3.17 bits per heavy atom. The van der Waals surface area contributed by atoms with Crippen LogP contribution in [0.2, 0.25) is 0 Å². The molecule has 0 aliphatic carbocycles. The second-order valence-electron chi connectivity index (χ2n) is 2.88. The van der Waals surface area contributed by atoms with E-state index in [2.05, 4.69) is 11.1 Å². The summed E-state index contributed by atoms with van der Waals surface area (Å²) in [4.78, 5) is 4.06. The molecular formula is C8H8NO2S. The minimum atomic E-state index is -2.86. The predicted molar refractivity (Wildman–Crippen MR) is 44.3 cm³/mol. The first-order valence-corrected chi connectivity index (χ1v) is 5.54. The van der Waals surface area contributed by atoms with E-state index in [1.54, 1.807) is 12.3 Å². The van der Waals surface area contributed by atoms with E-state index >= 15 is 0 Å². The van der Waals surface area contributed by atoms with Gasteiger partial charge in [0.05, 0.1) is 11.5 Å². The molecule has 2 rings (SSSR count). The molecule has 0 bridgehead atoms. The van der Waals surface area contributed by atoms with E-state index in [1.165, 1.54) is 0 Å². The maximum absolute atomic E-state index is 11.2. The van der Waals surface area contributed by atoms with Crippen molar-refractivity contribution in [2.45, 2.75) is 12.2 Å². The summed E-state index contributed by atoms with van der Waals surface area (Å²) in [5.41, 5.74) is 1.72. The van der Waals surface area contributed by atoms with Gasteiger partial charge in [0.15, 0.2) is 9.84 Å². The standard InChI is InChI=1S/C8H8NO2S/c10-12(11)5-3-8-7(6-12)2-1-4-9-8/h2,4H,3,5-6H2. The molecule has 0 N–H and O–H groups in total. The number of nitrogens with zero attached hydrogens (tertiary/aromatic N) is 1. The highest BCUT2D eigenvalue weighted by Crippen LogP contribution is 2.17. The second-order valence-corrected chi connectivity index (χ2v) is 5.07. The number of fused-ring (bicyclic) bond motifs is 1. The Morgan fingerprint density at radius 2 is 2.33 bits per heavy atom. The molecule has 0 atom stereocenters. The van der Waals surface area contributed by atoms with Crippen LogP contribution in [0.1, 0.15) is 11.3 Å². The first-order chi connectivity index (χ1) is 5.67. The van der Waals surface area contributed by atoms with Crippen molar-refractivity contribution < 1.29 is 8.42 Å². The lowest BCUT2D eigenvalue weighted by Gasteiger charge is -2.13. The molecule has 0 amide bonds. The normalized spacial score (nSPS) is 20.0. The Labute approximate surface area is 71.4 Å². The molecule has 0 unspecified atom stereocenters. The zero-order valence-electron chi connectivity index (χ0n) is 6.45. The van der Waals surface area contributed by atoms with E-state index in [4.69, 9.17) is 0 Å². The van der Waals surface area contributed by atoms with Gasteiger partial charge in [-0.15, -0.1) is 0 Å². The summed E-state index contributed by atoms with van der Waals surface area (Å²) < 4.78 is 22.3. The van der Waals surface area contributed by atoms with Gasteiger partial charge in [-0.1, -0.05) is 0 Å². The lowest BCUT2D eigenvalue weighted by molar-refractivity contribution is 0.590. The van der Waals surface area contributed by atoms with Gasteiger partial charge in [0.1, 0.15) is 0 Å². The molecule has 1 aliphatic heterocycles. The molecule has 1 aromatic rings. The smallest absolute Gasteiger partial charge is 0.154 e. The molecule has 2 heterocycles. The van der Waals surface area contributed by atoms with Crippen molar-refractivity contribution in [1.82, 2.24) is 4.98 Å². The minimum Gasteiger partial charge on any atom is -0.260 e. The first kappa shape index (κ1) is 7.73. The van der Waals surface area contributed by atoms with E-state index in [-0.39, 0.29) is 11.5 Å². The number of hydrogen-bond acceptors (Lipinski definition) is 3. The van der Waals surface area contributed by atoms with Gasteiger partial charge in [-0.25, -0.2) is 8.42 Å². The van der Waals surface area contributed by atoms with Crippen LogP contribution in [-0.2, 0) is 22.0 Å². The minimum absolute atomic E-state index is 0.132. The molecule has 1 radical (unpaired) electrons. The van der Waals surface area contributed by atoms with E-state index in [1.807, 2.05) is 0 Å². The van der Waals surface area contributed by atoms with Crippen molar-refractivity contribution in [1.29, 1.82) is 0 Å². The quantitative estimate of drug-likeness (QED) is 0.581. The van der Waals surface area contributed by atoms with Crippen molar-refractivity contribution in [3.8, 4) is 0 Å². The molecular weight excluding hydrogens is 174 g/mol. The average molecular weight is 182 g/mol. The number of sulfone groups is 1. The van der Waals surface area contributed by atoms with Crippen LogP contribution in [-0.4, -0.2) is 19.2 Å². The largest absolute Gasteiger partial charge is 0.260 e. The van der Waals surface area contributed by atoms with Gasteiger partial charge in [0.25, 0.3) is 0 Å². The Morgan fingerprint density at radius 1 is 1.50 bits per heavy atom. The molecule has 0 aromatic carbocycles. The Hall–Kier alpha value is -0.900. The van der Waals surface area contributed by atoms with E-state index in [9.17, 15) is 8.42 Å². The second kappa shape index (κ2) is 2.55. The summed E-state index contributed by atoms with van der Waals surface area (Å²) in [5, 5.41) is 0. The molecule has 0 fully saturated rings. The molecule has 12 heavy (non-hydrogen) atoms. The monoisotopic (exact) mass is 182 g/mol. The van der Waals surface area contributed by atoms with E-state index in [0.717, 1.165) is 11.3 Å². The van der Waals surface area contributed by atoms with Crippen LogP contribution in [0.25, 0.3) is 0 Å². The summed E-state index contributed by atoms with van der Waals surface area (Å²) >= 11 is 0. The van der Waals surface area contributed by atoms with Crippen molar-refractivity contribution in [3.63, 3.8) is 0 Å². The van der Waals surface area contributed by atoms with Crippen LogP contribution < -0.4 is 0 Å². The topological polar surface area (TPSA) is 47.0 Å². The maximum Gasteiger partial charge on any atom is 0.154 e. The number of pyridine rings is 1. The molecule has 0 saturated heterocycles. The fourth-order valence-corrected chi connectivity index (χ4v) is 2.70. The van der Waals surface area contributed by atoms with E-state index in [0.29, 0.717) is 6.42 Å². The first-order valence-electron chi connectivity index (χ1n) is 3.72. The van der Waals surface area contributed by atoms with Crippen molar-refractivity contribution in [2.75, 3.05) is 5.75 Å². The third-order valence-electron chi connectivity index (χ3n) is 1.95. The SMILES string of the molecule is O=S1(=O)CCc2nc[c]cc2C1. The molecule has 63 valence electrons. The van der Waals surface area contributed by atoms with Crippen molar-refractivity contribution in [3.05, 3.63) is 29.6 Å². The Bertz CT molecular complexity index is 397. The average Bonchev–Trinajstić information content (AvgIpc) is 2.02. The molecule has 3 nitrogen and oxygen atoms in total. The molecule has 4 heteroatoms. The third-order valence-corrected chi connectivity index (χ3v) is 3.53. The summed E-state index contributed by atoms with van der Waals surface area (Å²) in [6.45, 7) is 0. The maximum atomic E-state index is 11.2. The fourth-order valence-electron chi connectivity index (χ4n) is 1.33. The van der Waals surface area contributed by atoms with Crippen LogP contribution in [0.4, 0.5) is 0 Å². The predicted octanol–water partition coefficient (Wildman–Crippen LogP) is 0.353. The number of aryl methyl sites for hydroxylation is 1. The Balaban J connectivity index is 2.48. The number of aromatic nitrogens is 1. The number of hydrogen-bond donors (Lipinski definition) is 0. The highest BCUT2D eigenvalue weighted by Gasteiger charge is 2.21. The summed E-state index contributed by atoms with van der Waals surface area (Å²) in [7, 11) is -2.86. The van der Waals surface area contributed by atoms with Gasteiger partial charge in [-0.05, 0) is 11.6 Å². The summed E-state index contributed by atoms with van der Waals surface area (Å²) in [6, 6.07) is 4.49. The lowest BCUT2D eigenvalue weighted by atomic mass is 10.2. The van der Waals surface area contributed by atoms with Gasteiger partial charge in [0, 0.05) is 24.4 Å². The zero-order chi connectivity index (χ0) is 8.60. The van der Waals surface area contributed by atoms with Crippen LogP contribution in [0.3, 0.4) is 0 Å². The highest BCUT2D eigenvalue weighted by atomic mass is 32.2. The third kappa shape index (κ3) is 1.34. The molecule has 0 spiro atoms. The molecule has 0 saturated carbocycles. The van der Waals surface area contributed by atoms with Gasteiger partial charge in [0.2, 0.25) is 0 Å². The van der Waals surface area contributed by atoms with Crippen LogP contribution in [0.15, 0.2) is 12.3 Å². The number of rotatable bonds is 0.